The second kappa shape index (κ2) is 8.73. The van der Waals surface area contributed by atoms with Crippen LogP contribution in [0, 0.1) is 0 Å². The van der Waals surface area contributed by atoms with Gasteiger partial charge in [0.25, 0.3) is 0 Å². The van der Waals surface area contributed by atoms with Crippen molar-refractivity contribution in [2.45, 2.75) is 12.5 Å². The lowest BCUT2D eigenvalue weighted by Gasteiger charge is -2.20. The number of aromatic nitrogens is 2. The Morgan fingerprint density at radius 3 is 2.69 bits per heavy atom. The van der Waals surface area contributed by atoms with Crippen LogP contribution in [0.4, 0.5) is 5.69 Å². The van der Waals surface area contributed by atoms with Gasteiger partial charge in [-0.15, -0.1) is 11.3 Å². The van der Waals surface area contributed by atoms with E-state index in [1.807, 2.05) is 60.0 Å². The average molecular weight is 462 g/mol. The summed E-state index contributed by atoms with van der Waals surface area (Å²) in [6.45, 7) is 1.28. The maximum Gasteiger partial charge on any atom is 0.191 e. The molecule has 5 nitrogen and oxygen atoms in total. The number of ketones is 1. The molecule has 0 fully saturated rings. The van der Waals surface area contributed by atoms with Crippen LogP contribution in [0.2, 0.25) is 5.02 Å². The summed E-state index contributed by atoms with van der Waals surface area (Å²) in [6, 6.07) is 17.5. The summed E-state index contributed by atoms with van der Waals surface area (Å²) in [7, 11) is 1.64. The molecule has 2 aromatic carbocycles. The van der Waals surface area contributed by atoms with Crippen molar-refractivity contribution in [1.29, 1.82) is 0 Å². The highest BCUT2D eigenvalue weighted by Gasteiger charge is 2.35. The Balaban J connectivity index is 1.45. The zero-order valence-electron chi connectivity index (χ0n) is 17.4. The van der Waals surface area contributed by atoms with Crippen molar-refractivity contribution in [2.24, 2.45) is 0 Å². The van der Waals surface area contributed by atoms with Gasteiger partial charge >= 0.3 is 0 Å². The predicted octanol–water partition coefficient (Wildman–Crippen LogP) is 5.85. The molecule has 1 aliphatic rings. The third kappa shape index (κ3) is 3.99. The Kier molecular flexibility index (Phi) is 5.64. The van der Waals surface area contributed by atoms with Gasteiger partial charge < -0.3 is 9.64 Å². The third-order valence-corrected chi connectivity index (χ3v) is 6.78. The quantitative estimate of drug-likeness (QED) is 0.337. The minimum Gasteiger partial charge on any atom is -0.497 e. The number of hydrogen-bond acceptors (Lipinski definition) is 6. The molecule has 0 radical (unpaired) electrons. The van der Waals surface area contributed by atoms with Crippen molar-refractivity contribution in [2.75, 3.05) is 18.6 Å². The molecule has 2 aromatic heterocycles. The first-order valence-corrected chi connectivity index (χ1v) is 11.5. The fraction of sp³-hybridized carbons (Fsp3) is 0.160. The number of hydrogen-bond donors (Lipinski definition) is 0. The number of methoxy groups -OCH3 is 1. The Hall–Kier alpha value is -3.22. The van der Waals surface area contributed by atoms with E-state index in [-0.39, 0.29) is 11.7 Å². The highest BCUT2D eigenvalue weighted by atomic mass is 35.5. The minimum atomic E-state index is -0.306. The van der Waals surface area contributed by atoms with E-state index < -0.39 is 0 Å². The van der Waals surface area contributed by atoms with Crippen molar-refractivity contribution in [1.82, 2.24) is 9.97 Å². The van der Waals surface area contributed by atoms with Crippen LogP contribution in [0.1, 0.15) is 27.5 Å². The standard InChI is InChI=1S/C25H20ClN3O2S/c1-31-19-6-7-23-20(12-19)21(14-29(23)13-16-2-4-18(26)5-3-16)24(30)22-15-32-25(28-22)17-8-10-27-11-9-17/h2-12,15,21H,13-14H2,1H3. The van der Waals surface area contributed by atoms with E-state index in [1.54, 1.807) is 19.5 Å². The van der Waals surface area contributed by atoms with Gasteiger partial charge in [-0.3, -0.25) is 9.78 Å². The first-order valence-electron chi connectivity index (χ1n) is 10.2. The van der Waals surface area contributed by atoms with Gasteiger partial charge in [0.1, 0.15) is 16.5 Å². The summed E-state index contributed by atoms with van der Waals surface area (Å²) in [5, 5.41) is 3.37. The molecule has 0 saturated heterocycles. The molecule has 0 aliphatic carbocycles. The molecule has 4 aromatic rings. The predicted molar refractivity (Wildman–Crippen MR) is 128 cm³/mol. The van der Waals surface area contributed by atoms with E-state index in [0.29, 0.717) is 23.8 Å². The number of anilines is 1. The molecule has 3 heterocycles. The number of nitrogens with zero attached hydrogens (tertiary/aromatic N) is 3. The van der Waals surface area contributed by atoms with Gasteiger partial charge in [0.15, 0.2) is 5.78 Å². The van der Waals surface area contributed by atoms with E-state index in [1.165, 1.54) is 11.3 Å². The number of fused-ring (bicyclic) bond motifs is 1. The van der Waals surface area contributed by atoms with Crippen LogP contribution in [0.25, 0.3) is 10.6 Å². The molecule has 0 amide bonds. The van der Waals surface area contributed by atoms with Crippen LogP contribution in [-0.2, 0) is 6.54 Å². The summed E-state index contributed by atoms with van der Waals surface area (Å²) in [5.41, 5.74) is 4.61. The van der Waals surface area contributed by atoms with Gasteiger partial charge in [-0.05, 0) is 53.6 Å². The van der Waals surface area contributed by atoms with Crippen LogP contribution >= 0.6 is 22.9 Å². The number of carbonyl (C=O) groups excluding carboxylic acids is 1. The lowest BCUT2D eigenvalue weighted by molar-refractivity contribution is 0.0960. The molecular formula is C25H20ClN3O2S. The van der Waals surface area contributed by atoms with Gasteiger partial charge in [0.05, 0.1) is 13.0 Å². The summed E-state index contributed by atoms with van der Waals surface area (Å²) < 4.78 is 5.44. The van der Waals surface area contributed by atoms with Crippen molar-refractivity contribution >= 4 is 34.4 Å². The topological polar surface area (TPSA) is 55.3 Å². The molecule has 0 spiro atoms. The summed E-state index contributed by atoms with van der Waals surface area (Å²) in [6.07, 6.45) is 3.46. The molecule has 1 unspecified atom stereocenters. The lowest BCUT2D eigenvalue weighted by Crippen LogP contribution is -2.24. The fourth-order valence-electron chi connectivity index (χ4n) is 4.02. The number of halogens is 1. The second-order valence-corrected chi connectivity index (χ2v) is 8.92. The van der Waals surface area contributed by atoms with Gasteiger partial charge in [-0.25, -0.2) is 4.98 Å². The van der Waals surface area contributed by atoms with Gasteiger partial charge in [-0.1, -0.05) is 23.7 Å². The lowest BCUT2D eigenvalue weighted by atomic mass is 9.95. The van der Waals surface area contributed by atoms with Gasteiger partial charge in [0.2, 0.25) is 0 Å². The Bertz CT molecular complexity index is 1260. The van der Waals surface area contributed by atoms with Crippen LogP contribution in [0.15, 0.2) is 72.4 Å². The molecule has 5 rings (SSSR count). The first-order chi connectivity index (χ1) is 15.6. The number of carbonyl (C=O) groups is 1. The molecule has 0 saturated carbocycles. The second-order valence-electron chi connectivity index (χ2n) is 7.62. The SMILES string of the molecule is COc1ccc2c(c1)C(C(=O)c1csc(-c3ccncc3)n1)CN2Cc1ccc(Cl)cc1. The first kappa shape index (κ1) is 20.7. The van der Waals surface area contributed by atoms with Crippen molar-refractivity contribution < 1.29 is 9.53 Å². The average Bonchev–Trinajstić information content (AvgIpc) is 3.46. The van der Waals surface area contributed by atoms with Crippen molar-refractivity contribution in [3.63, 3.8) is 0 Å². The zero-order chi connectivity index (χ0) is 22.1. The van der Waals surface area contributed by atoms with E-state index in [0.717, 1.165) is 33.1 Å². The zero-order valence-corrected chi connectivity index (χ0v) is 18.9. The van der Waals surface area contributed by atoms with E-state index in [4.69, 9.17) is 16.3 Å². The third-order valence-electron chi connectivity index (χ3n) is 5.64. The molecule has 32 heavy (non-hydrogen) atoms. The van der Waals surface area contributed by atoms with Gasteiger partial charge in [-0.2, -0.15) is 0 Å². The smallest absolute Gasteiger partial charge is 0.191 e. The number of rotatable bonds is 6. The number of ether oxygens (including phenoxy) is 1. The highest BCUT2D eigenvalue weighted by molar-refractivity contribution is 7.13. The summed E-state index contributed by atoms with van der Waals surface area (Å²) in [5.74, 6) is 0.458. The Morgan fingerprint density at radius 2 is 1.94 bits per heavy atom. The molecule has 0 N–H and O–H groups in total. The number of pyridine rings is 1. The van der Waals surface area contributed by atoms with Crippen LogP contribution in [0.5, 0.6) is 5.75 Å². The summed E-state index contributed by atoms with van der Waals surface area (Å²) in [4.78, 5) is 24.5. The Labute approximate surface area is 195 Å². The van der Waals surface area contributed by atoms with Crippen molar-refractivity contribution in [3.8, 4) is 16.3 Å². The van der Waals surface area contributed by atoms with Crippen LogP contribution in [0.3, 0.4) is 0 Å². The molecular weight excluding hydrogens is 442 g/mol. The van der Waals surface area contributed by atoms with Crippen LogP contribution < -0.4 is 9.64 Å². The molecule has 1 atom stereocenters. The molecule has 1 aliphatic heterocycles. The molecule has 160 valence electrons. The Morgan fingerprint density at radius 1 is 1.16 bits per heavy atom. The maximum absolute atomic E-state index is 13.5. The highest BCUT2D eigenvalue weighted by Crippen LogP contribution is 2.41. The number of thiazole rings is 1. The normalized spacial score (nSPS) is 14.9. The van der Waals surface area contributed by atoms with Gasteiger partial charge in [0, 0.05) is 47.1 Å². The maximum atomic E-state index is 13.5. The van der Waals surface area contributed by atoms with Crippen LogP contribution in [-0.4, -0.2) is 29.4 Å². The summed E-state index contributed by atoms with van der Waals surface area (Å²) >= 11 is 7.51. The molecule has 7 heteroatoms. The van der Waals surface area contributed by atoms with E-state index >= 15 is 0 Å². The minimum absolute atomic E-state index is 0.0228. The number of Topliss-reactive ketones (excluding diaryl/α,β-unsaturated/α-hetero) is 1. The monoisotopic (exact) mass is 461 g/mol. The fourth-order valence-corrected chi connectivity index (χ4v) is 4.96. The number of benzene rings is 2. The van der Waals surface area contributed by atoms with E-state index in [2.05, 4.69) is 14.9 Å². The van der Waals surface area contributed by atoms with Crippen molar-refractivity contribution in [3.05, 3.63) is 94.2 Å². The van der Waals surface area contributed by atoms with E-state index in [9.17, 15) is 4.79 Å². The largest absolute Gasteiger partial charge is 0.497 e. The molecule has 0 bridgehead atoms.